The van der Waals surface area contributed by atoms with Crippen LogP contribution in [0.4, 0.5) is 0 Å². The van der Waals surface area contributed by atoms with Crippen molar-refractivity contribution in [1.82, 2.24) is 20.9 Å². The van der Waals surface area contributed by atoms with Crippen LogP contribution in [-0.2, 0) is 10.5 Å². The van der Waals surface area contributed by atoms with E-state index in [4.69, 9.17) is 0 Å². The second kappa shape index (κ2) is 9.37. The van der Waals surface area contributed by atoms with Crippen molar-refractivity contribution in [3.63, 3.8) is 0 Å². The minimum absolute atomic E-state index is 0.0749. The van der Waals surface area contributed by atoms with Gasteiger partial charge in [0.25, 0.3) is 0 Å². The molecular formula is C25H30N4O. The molecule has 1 fully saturated rings. The lowest BCUT2D eigenvalue weighted by Crippen LogP contribution is -2.57. The SMILES string of the molecule is CC(=O)NC(NCCC1CCNCC1)(c1ccncc1)c1cccc2ccccc12. The summed E-state index contributed by atoms with van der Waals surface area (Å²) >= 11 is 0. The fourth-order valence-corrected chi connectivity index (χ4v) is 4.59. The lowest BCUT2D eigenvalue weighted by molar-refractivity contribution is -0.120. The van der Waals surface area contributed by atoms with E-state index in [9.17, 15) is 4.79 Å². The minimum Gasteiger partial charge on any atom is -0.330 e. The first-order valence-corrected chi connectivity index (χ1v) is 10.8. The summed E-state index contributed by atoms with van der Waals surface area (Å²) in [6.45, 7) is 4.58. The van der Waals surface area contributed by atoms with Crippen molar-refractivity contribution in [3.8, 4) is 0 Å². The van der Waals surface area contributed by atoms with Gasteiger partial charge in [0.2, 0.25) is 5.91 Å². The van der Waals surface area contributed by atoms with Gasteiger partial charge in [-0.25, -0.2) is 0 Å². The maximum atomic E-state index is 12.4. The van der Waals surface area contributed by atoms with Crippen LogP contribution in [0.15, 0.2) is 67.0 Å². The molecule has 0 bridgehead atoms. The Kier molecular flexibility index (Phi) is 6.41. The molecule has 1 aromatic heterocycles. The monoisotopic (exact) mass is 402 g/mol. The first-order valence-electron chi connectivity index (χ1n) is 10.8. The van der Waals surface area contributed by atoms with Crippen molar-refractivity contribution in [3.05, 3.63) is 78.1 Å². The molecule has 1 aliphatic rings. The smallest absolute Gasteiger partial charge is 0.218 e. The lowest BCUT2D eigenvalue weighted by atomic mass is 9.87. The third-order valence-corrected chi connectivity index (χ3v) is 6.07. The number of pyridine rings is 1. The Labute approximate surface area is 178 Å². The van der Waals surface area contributed by atoms with Gasteiger partial charge in [-0.15, -0.1) is 0 Å². The highest BCUT2D eigenvalue weighted by atomic mass is 16.1. The Morgan fingerprint density at radius 2 is 1.80 bits per heavy atom. The maximum absolute atomic E-state index is 12.4. The van der Waals surface area contributed by atoms with E-state index in [0.29, 0.717) is 5.92 Å². The summed E-state index contributed by atoms with van der Waals surface area (Å²) in [6, 6.07) is 18.6. The van der Waals surface area contributed by atoms with E-state index in [0.717, 1.165) is 48.0 Å². The maximum Gasteiger partial charge on any atom is 0.218 e. The highest BCUT2D eigenvalue weighted by molar-refractivity contribution is 5.88. The van der Waals surface area contributed by atoms with E-state index in [-0.39, 0.29) is 5.91 Å². The van der Waals surface area contributed by atoms with E-state index in [1.807, 2.05) is 24.3 Å². The zero-order valence-electron chi connectivity index (χ0n) is 17.5. The van der Waals surface area contributed by atoms with Gasteiger partial charge >= 0.3 is 0 Å². The van der Waals surface area contributed by atoms with Crippen molar-refractivity contribution in [2.24, 2.45) is 5.92 Å². The number of hydrogen-bond acceptors (Lipinski definition) is 4. The van der Waals surface area contributed by atoms with Crippen LogP contribution in [0.5, 0.6) is 0 Å². The molecule has 2 aromatic carbocycles. The average Bonchev–Trinajstić information content (AvgIpc) is 2.79. The van der Waals surface area contributed by atoms with E-state index in [1.165, 1.54) is 12.8 Å². The normalized spacial score (nSPS) is 16.8. The zero-order chi connectivity index (χ0) is 20.8. The molecular weight excluding hydrogens is 372 g/mol. The molecule has 1 aliphatic heterocycles. The third kappa shape index (κ3) is 4.37. The molecule has 5 heteroatoms. The summed E-state index contributed by atoms with van der Waals surface area (Å²) < 4.78 is 0. The molecule has 3 N–H and O–H groups in total. The summed E-state index contributed by atoms with van der Waals surface area (Å²) in [4.78, 5) is 16.6. The number of carbonyl (C=O) groups excluding carboxylic acids is 1. The first kappa shape index (κ1) is 20.5. The van der Waals surface area contributed by atoms with Crippen molar-refractivity contribution < 1.29 is 4.79 Å². The average molecular weight is 403 g/mol. The Hall–Kier alpha value is -2.76. The predicted molar refractivity (Wildman–Crippen MR) is 121 cm³/mol. The first-order chi connectivity index (χ1) is 14.7. The number of hydrogen-bond donors (Lipinski definition) is 3. The largest absolute Gasteiger partial charge is 0.330 e. The van der Waals surface area contributed by atoms with E-state index in [1.54, 1.807) is 19.3 Å². The zero-order valence-corrected chi connectivity index (χ0v) is 17.5. The van der Waals surface area contributed by atoms with Gasteiger partial charge in [-0.3, -0.25) is 15.1 Å². The fourth-order valence-electron chi connectivity index (χ4n) is 4.59. The minimum atomic E-state index is -0.817. The molecule has 4 rings (SSSR count). The van der Waals surface area contributed by atoms with Gasteiger partial charge in [-0.1, -0.05) is 42.5 Å². The fraction of sp³-hybridized carbons (Fsp3) is 0.360. The second-order valence-electron chi connectivity index (χ2n) is 8.10. The van der Waals surface area contributed by atoms with Crippen molar-refractivity contribution in [2.45, 2.75) is 31.8 Å². The number of nitrogens with one attached hydrogen (secondary N) is 3. The Morgan fingerprint density at radius 1 is 1.07 bits per heavy atom. The molecule has 1 amide bonds. The van der Waals surface area contributed by atoms with Gasteiger partial charge in [0.15, 0.2) is 0 Å². The summed E-state index contributed by atoms with van der Waals surface area (Å²) in [5, 5.41) is 12.7. The molecule has 3 aromatic rings. The molecule has 0 saturated carbocycles. The van der Waals surface area contributed by atoms with E-state index < -0.39 is 5.66 Å². The molecule has 2 heterocycles. The molecule has 5 nitrogen and oxygen atoms in total. The van der Waals surface area contributed by atoms with Crippen LogP contribution in [0, 0.1) is 5.92 Å². The van der Waals surface area contributed by atoms with Crippen molar-refractivity contribution >= 4 is 16.7 Å². The number of amides is 1. The van der Waals surface area contributed by atoms with Crippen molar-refractivity contribution in [1.29, 1.82) is 0 Å². The Balaban J connectivity index is 1.76. The molecule has 30 heavy (non-hydrogen) atoms. The summed E-state index contributed by atoms with van der Waals surface area (Å²) in [5.41, 5.74) is 1.21. The Bertz CT molecular complexity index is 979. The quantitative estimate of drug-likeness (QED) is 0.529. The van der Waals surface area contributed by atoms with Gasteiger partial charge in [-0.2, -0.15) is 0 Å². The molecule has 0 radical (unpaired) electrons. The standard InChI is InChI=1S/C25H30N4O/c1-19(30)29-25(22-12-16-27-17-13-22,28-18-11-20-9-14-26-15-10-20)24-8-4-6-21-5-2-3-7-23(21)24/h2-8,12-13,16-17,20,26,28H,9-11,14-15,18H2,1H3,(H,29,30). The van der Waals surface area contributed by atoms with Crippen LogP contribution < -0.4 is 16.0 Å². The van der Waals surface area contributed by atoms with E-state index in [2.05, 4.69) is 51.3 Å². The molecule has 1 saturated heterocycles. The number of carbonyl (C=O) groups is 1. The van der Waals surface area contributed by atoms with E-state index >= 15 is 0 Å². The molecule has 156 valence electrons. The van der Waals surface area contributed by atoms with Crippen LogP contribution in [-0.4, -0.2) is 30.5 Å². The summed E-state index contributed by atoms with van der Waals surface area (Å²) in [7, 11) is 0. The highest BCUT2D eigenvalue weighted by Gasteiger charge is 2.36. The van der Waals surface area contributed by atoms with Gasteiger partial charge in [-0.05, 0) is 73.3 Å². The second-order valence-corrected chi connectivity index (χ2v) is 8.10. The topological polar surface area (TPSA) is 66.1 Å². The lowest BCUT2D eigenvalue weighted by Gasteiger charge is -2.38. The highest BCUT2D eigenvalue weighted by Crippen LogP contribution is 2.33. The molecule has 0 spiro atoms. The molecule has 1 unspecified atom stereocenters. The molecule has 0 aliphatic carbocycles. The predicted octanol–water partition coefficient (Wildman–Crippen LogP) is 3.55. The van der Waals surface area contributed by atoms with Crippen LogP contribution in [0.3, 0.4) is 0 Å². The Morgan fingerprint density at radius 3 is 2.57 bits per heavy atom. The number of aromatic nitrogens is 1. The van der Waals surface area contributed by atoms with Crippen LogP contribution >= 0.6 is 0 Å². The number of nitrogens with zero attached hydrogens (tertiary/aromatic N) is 1. The number of piperidine rings is 1. The molecule has 1 atom stereocenters. The van der Waals surface area contributed by atoms with Gasteiger partial charge < -0.3 is 10.6 Å². The number of rotatable bonds is 7. The van der Waals surface area contributed by atoms with Gasteiger partial charge in [0.1, 0.15) is 5.66 Å². The summed E-state index contributed by atoms with van der Waals surface area (Å²) in [6.07, 6.45) is 7.06. The third-order valence-electron chi connectivity index (χ3n) is 6.07. The van der Waals surface area contributed by atoms with Crippen LogP contribution in [0.1, 0.15) is 37.3 Å². The number of fused-ring (bicyclic) bond motifs is 1. The van der Waals surface area contributed by atoms with Gasteiger partial charge in [0.05, 0.1) is 0 Å². The van der Waals surface area contributed by atoms with Crippen molar-refractivity contribution in [2.75, 3.05) is 19.6 Å². The van der Waals surface area contributed by atoms with Crippen LogP contribution in [0.2, 0.25) is 0 Å². The van der Waals surface area contributed by atoms with Gasteiger partial charge in [0, 0.05) is 24.9 Å². The number of benzene rings is 2. The summed E-state index contributed by atoms with van der Waals surface area (Å²) in [5.74, 6) is 0.632. The van der Waals surface area contributed by atoms with Crippen LogP contribution in [0.25, 0.3) is 10.8 Å².